The van der Waals surface area contributed by atoms with E-state index in [-0.39, 0.29) is 22.8 Å². The Morgan fingerprint density at radius 1 is 1.00 bits per heavy atom. The van der Waals surface area contributed by atoms with Gasteiger partial charge in [-0.2, -0.15) is 0 Å². The van der Waals surface area contributed by atoms with Gasteiger partial charge in [0.05, 0.1) is 17.6 Å². The number of rotatable bonds is 11. The lowest BCUT2D eigenvalue weighted by atomic mass is 9.97. The SMILES string of the molecule is COC(=O)CCC/C=C\C[C@@H]1[C@@H](NS(=O)(=O)c2ccccc2)CC[C@@H]1OC(=O)c1ccccc1. The molecule has 34 heavy (non-hydrogen) atoms. The van der Waals surface area contributed by atoms with Crippen LogP contribution < -0.4 is 4.72 Å². The molecule has 3 rings (SSSR count). The fourth-order valence-corrected chi connectivity index (χ4v) is 5.47. The van der Waals surface area contributed by atoms with Crippen LogP contribution in [0.15, 0.2) is 77.7 Å². The highest BCUT2D eigenvalue weighted by Crippen LogP contribution is 2.33. The first-order valence-electron chi connectivity index (χ1n) is 11.5. The zero-order valence-corrected chi connectivity index (χ0v) is 20.1. The van der Waals surface area contributed by atoms with Gasteiger partial charge in [-0.1, -0.05) is 48.6 Å². The zero-order valence-electron chi connectivity index (χ0n) is 19.3. The summed E-state index contributed by atoms with van der Waals surface area (Å²) in [4.78, 5) is 24.1. The molecule has 0 amide bonds. The van der Waals surface area contributed by atoms with E-state index < -0.39 is 22.1 Å². The molecule has 0 heterocycles. The topological polar surface area (TPSA) is 98.8 Å². The largest absolute Gasteiger partial charge is 0.469 e. The second kappa shape index (κ2) is 12.5. The number of ether oxygens (including phenoxy) is 2. The summed E-state index contributed by atoms with van der Waals surface area (Å²) in [6.45, 7) is 0. The maximum atomic E-state index is 12.9. The van der Waals surface area contributed by atoms with Crippen molar-refractivity contribution in [2.24, 2.45) is 5.92 Å². The van der Waals surface area contributed by atoms with Crippen molar-refractivity contribution in [1.82, 2.24) is 4.72 Å². The Morgan fingerprint density at radius 2 is 1.68 bits per heavy atom. The van der Waals surface area contributed by atoms with Gasteiger partial charge in [0.25, 0.3) is 0 Å². The quantitative estimate of drug-likeness (QED) is 0.290. The van der Waals surface area contributed by atoms with Gasteiger partial charge in [0.1, 0.15) is 6.10 Å². The van der Waals surface area contributed by atoms with Crippen LogP contribution in [-0.2, 0) is 24.3 Å². The smallest absolute Gasteiger partial charge is 0.338 e. The van der Waals surface area contributed by atoms with Crippen molar-refractivity contribution in [3.8, 4) is 0 Å². The molecule has 1 fully saturated rings. The van der Waals surface area contributed by atoms with Crippen LogP contribution in [-0.4, -0.2) is 39.6 Å². The Hall–Kier alpha value is -2.97. The molecular formula is C26H31NO6S. The Balaban J connectivity index is 1.68. The first kappa shape index (κ1) is 25.6. The van der Waals surface area contributed by atoms with E-state index in [9.17, 15) is 18.0 Å². The fraction of sp³-hybridized carbons (Fsp3) is 0.385. The van der Waals surface area contributed by atoms with E-state index in [1.807, 2.05) is 18.2 Å². The van der Waals surface area contributed by atoms with Crippen LogP contribution in [0.5, 0.6) is 0 Å². The standard InChI is InChI=1S/C26H31NO6S/c1-32-25(28)17-11-3-2-10-16-22-23(27-34(30,31)21-14-8-5-9-15-21)18-19-24(22)33-26(29)20-12-6-4-7-13-20/h2,4-10,12-15,22-24,27H,3,11,16-19H2,1H3/b10-2-/t22-,23+,24+/m1/s1. The summed E-state index contributed by atoms with van der Waals surface area (Å²) in [5, 5.41) is 0. The Bertz CT molecular complexity index is 1070. The number of benzene rings is 2. The van der Waals surface area contributed by atoms with Crippen LogP contribution >= 0.6 is 0 Å². The van der Waals surface area contributed by atoms with Gasteiger partial charge in [-0.25, -0.2) is 17.9 Å². The predicted octanol–water partition coefficient (Wildman–Crippen LogP) is 4.26. The van der Waals surface area contributed by atoms with Crippen molar-refractivity contribution in [2.45, 2.75) is 55.6 Å². The minimum atomic E-state index is -3.70. The van der Waals surface area contributed by atoms with E-state index >= 15 is 0 Å². The molecule has 1 N–H and O–H groups in total. The summed E-state index contributed by atoms with van der Waals surface area (Å²) in [5.74, 6) is -0.861. The van der Waals surface area contributed by atoms with E-state index in [0.717, 1.165) is 0 Å². The summed E-state index contributed by atoms with van der Waals surface area (Å²) >= 11 is 0. The Kier molecular flexibility index (Phi) is 9.42. The van der Waals surface area contributed by atoms with Gasteiger partial charge >= 0.3 is 11.9 Å². The number of esters is 2. The molecule has 0 saturated heterocycles. The molecule has 1 saturated carbocycles. The second-order valence-corrected chi connectivity index (χ2v) is 9.98. The lowest BCUT2D eigenvalue weighted by molar-refractivity contribution is -0.140. The lowest BCUT2D eigenvalue weighted by Crippen LogP contribution is -2.40. The minimum absolute atomic E-state index is 0.205. The van der Waals surface area contributed by atoms with Gasteiger partial charge in [0.2, 0.25) is 10.0 Å². The molecule has 0 aliphatic heterocycles. The highest BCUT2D eigenvalue weighted by atomic mass is 32.2. The molecule has 1 aliphatic rings. The molecule has 182 valence electrons. The highest BCUT2D eigenvalue weighted by molar-refractivity contribution is 7.89. The van der Waals surface area contributed by atoms with Gasteiger partial charge in [-0.05, 0) is 56.4 Å². The maximum Gasteiger partial charge on any atom is 0.338 e. The van der Waals surface area contributed by atoms with Crippen LogP contribution in [0.25, 0.3) is 0 Å². The molecule has 8 heteroatoms. The van der Waals surface area contributed by atoms with Crippen molar-refractivity contribution in [2.75, 3.05) is 7.11 Å². The summed E-state index contributed by atoms with van der Waals surface area (Å²) < 4.78 is 39.1. The molecule has 7 nitrogen and oxygen atoms in total. The predicted molar refractivity (Wildman–Crippen MR) is 129 cm³/mol. The molecule has 3 atom stereocenters. The Morgan fingerprint density at radius 3 is 2.35 bits per heavy atom. The fourth-order valence-electron chi connectivity index (χ4n) is 4.12. The van der Waals surface area contributed by atoms with Crippen LogP contribution in [0.3, 0.4) is 0 Å². The van der Waals surface area contributed by atoms with Crippen LogP contribution in [0.2, 0.25) is 0 Å². The third-order valence-corrected chi connectivity index (χ3v) is 7.44. The summed E-state index contributed by atoms with van der Waals surface area (Å²) in [5.41, 5.74) is 0.466. The van der Waals surface area contributed by atoms with Gasteiger partial charge < -0.3 is 9.47 Å². The van der Waals surface area contributed by atoms with Crippen LogP contribution in [0.1, 0.15) is 48.9 Å². The van der Waals surface area contributed by atoms with Crippen molar-refractivity contribution >= 4 is 22.0 Å². The van der Waals surface area contributed by atoms with E-state index in [0.29, 0.717) is 44.1 Å². The lowest BCUT2D eigenvalue weighted by Gasteiger charge is -2.24. The number of hydrogen-bond donors (Lipinski definition) is 1. The average molecular weight is 486 g/mol. The van der Waals surface area contributed by atoms with E-state index in [1.165, 1.54) is 7.11 Å². The molecule has 0 radical (unpaired) electrons. The number of methoxy groups -OCH3 is 1. The molecule has 0 spiro atoms. The average Bonchev–Trinajstić information content (AvgIpc) is 3.22. The van der Waals surface area contributed by atoms with Crippen molar-refractivity contribution < 1.29 is 27.5 Å². The van der Waals surface area contributed by atoms with Crippen molar-refractivity contribution in [3.05, 3.63) is 78.4 Å². The maximum absolute atomic E-state index is 12.9. The monoisotopic (exact) mass is 485 g/mol. The van der Waals surface area contributed by atoms with Gasteiger partial charge in [0, 0.05) is 18.4 Å². The first-order chi connectivity index (χ1) is 16.4. The zero-order chi connectivity index (χ0) is 24.4. The number of sulfonamides is 1. The van der Waals surface area contributed by atoms with Gasteiger partial charge in [-0.15, -0.1) is 0 Å². The number of nitrogens with one attached hydrogen (secondary N) is 1. The van der Waals surface area contributed by atoms with E-state index in [4.69, 9.17) is 4.74 Å². The minimum Gasteiger partial charge on any atom is -0.469 e. The van der Waals surface area contributed by atoms with Gasteiger partial charge in [-0.3, -0.25) is 4.79 Å². The number of allylic oxidation sites excluding steroid dienone is 2. The number of carbonyl (C=O) groups is 2. The molecule has 0 bridgehead atoms. The van der Waals surface area contributed by atoms with Crippen molar-refractivity contribution in [1.29, 1.82) is 0 Å². The van der Waals surface area contributed by atoms with Crippen molar-refractivity contribution in [3.63, 3.8) is 0 Å². The number of hydrogen-bond acceptors (Lipinski definition) is 6. The van der Waals surface area contributed by atoms with E-state index in [2.05, 4.69) is 9.46 Å². The second-order valence-electron chi connectivity index (χ2n) is 8.27. The third-order valence-electron chi connectivity index (χ3n) is 5.94. The highest BCUT2D eigenvalue weighted by Gasteiger charge is 2.40. The first-order valence-corrected chi connectivity index (χ1v) is 12.9. The summed E-state index contributed by atoms with van der Waals surface area (Å²) in [7, 11) is -2.33. The molecule has 2 aromatic rings. The molecule has 1 aliphatic carbocycles. The third kappa shape index (κ3) is 7.27. The number of unbranched alkanes of at least 4 members (excludes halogenated alkanes) is 1. The molecular weight excluding hydrogens is 454 g/mol. The van der Waals surface area contributed by atoms with Crippen LogP contribution in [0, 0.1) is 5.92 Å². The van der Waals surface area contributed by atoms with Crippen LogP contribution in [0.4, 0.5) is 0 Å². The normalized spacial score (nSPS) is 20.3. The molecule has 0 aromatic heterocycles. The summed E-state index contributed by atoms with van der Waals surface area (Å²) in [6, 6.07) is 16.7. The van der Waals surface area contributed by atoms with E-state index in [1.54, 1.807) is 54.6 Å². The number of carbonyl (C=O) groups excluding carboxylic acids is 2. The molecule has 0 unspecified atom stereocenters. The Labute approximate surface area is 201 Å². The van der Waals surface area contributed by atoms with Gasteiger partial charge in [0.15, 0.2) is 0 Å². The molecule has 2 aromatic carbocycles. The summed E-state index contributed by atoms with van der Waals surface area (Å²) in [6.07, 6.45) is 6.95.